The minimum atomic E-state index is -2.97. The zero-order valence-electron chi connectivity index (χ0n) is 4.26. The third-order valence-electron chi connectivity index (χ3n) is 0.557. The summed E-state index contributed by atoms with van der Waals surface area (Å²) in [5.41, 5.74) is 0. The van der Waals surface area contributed by atoms with Crippen LogP contribution in [-0.2, 0) is 4.57 Å². The van der Waals surface area contributed by atoms with Crippen molar-refractivity contribution in [3.05, 3.63) is 12.4 Å². The lowest BCUT2D eigenvalue weighted by Crippen LogP contribution is -2.06. The highest BCUT2D eigenvalue weighted by Crippen LogP contribution is 2.06. The van der Waals surface area contributed by atoms with Gasteiger partial charge >= 0.3 is 8.25 Å². The Kier molecular flexibility index (Phi) is 1.81. The van der Waals surface area contributed by atoms with Gasteiger partial charge in [0.2, 0.25) is 0 Å². The van der Waals surface area contributed by atoms with Gasteiger partial charge in [-0.15, -0.1) is 10.2 Å². The summed E-state index contributed by atoms with van der Waals surface area (Å²) in [7, 11) is -2.97. The van der Waals surface area contributed by atoms with E-state index in [1.54, 1.807) is 0 Å². The first-order valence-electron chi connectivity index (χ1n) is 2.06. The van der Waals surface area contributed by atoms with Crippen LogP contribution in [-0.4, -0.2) is 20.1 Å². The van der Waals surface area contributed by atoms with Gasteiger partial charge in [-0.05, 0) is 0 Å². The highest BCUT2D eigenvalue weighted by Gasteiger charge is 1.92. The standard InChI is InChI=1S/C2H4N3O3P/c6-9(7)8-5-3-1-2-4-5/h1-2,9H,(H,6,7). The molecule has 7 heteroatoms. The Bertz CT molecular complexity index is 197. The van der Waals surface area contributed by atoms with Crippen LogP contribution in [0.4, 0.5) is 0 Å². The molecule has 1 rings (SSSR count). The Labute approximate surface area is 51.0 Å². The van der Waals surface area contributed by atoms with Crippen LogP contribution < -0.4 is 4.62 Å². The molecular weight excluding hydrogens is 145 g/mol. The van der Waals surface area contributed by atoms with Gasteiger partial charge in [-0.3, -0.25) is 0 Å². The number of rotatable bonds is 2. The van der Waals surface area contributed by atoms with E-state index in [0.717, 1.165) is 0 Å². The van der Waals surface area contributed by atoms with Crippen LogP contribution in [0.3, 0.4) is 0 Å². The predicted molar refractivity (Wildman–Crippen MR) is 27.8 cm³/mol. The maximum Gasteiger partial charge on any atom is 0.388 e. The van der Waals surface area contributed by atoms with Gasteiger partial charge in [-0.2, -0.15) is 0 Å². The molecule has 9 heavy (non-hydrogen) atoms. The molecular formula is C2H4N3O3P. The number of hydrogen-bond donors (Lipinski definition) is 1. The molecule has 0 spiro atoms. The summed E-state index contributed by atoms with van der Waals surface area (Å²) in [6, 6.07) is 0. The van der Waals surface area contributed by atoms with E-state index in [1.165, 1.54) is 12.4 Å². The number of nitrogens with zero attached hydrogens (tertiary/aromatic N) is 3. The van der Waals surface area contributed by atoms with E-state index >= 15 is 0 Å². The molecule has 0 aliphatic rings. The lowest BCUT2D eigenvalue weighted by atomic mass is 11.0. The summed E-state index contributed by atoms with van der Waals surface area (Å²) in [5, 5.41) is 6.81. The first kappa shape index (κ1) is 6.25. The zero-order chi connectivity index (χ0) is 6.69. The molecule has 0 fully saturated rings. The third-order valence-corrected chi connectivity index (χ3v) is 0.877. The number of aromatic nitrogens is 3. The van der Waals surface area contributed by atoms with Crippen LogP contribution >= 0.6 is 8.25 Å². The van der Waals surface area contributed by atoms with Crippen molar-refractivity contribution in [3.8, 4) is 0 Å². The van der Waals surface area contributed by atoms with Gasteiger partial charge in [0.1, 0.15) is 0 Å². The summed E-state index contributed by atoms with van der Waals surface area (Å²) in [6.07, 6.45) is 2.68. The Hall–Kier alpha value is -0.870. The van der Waals surface area contributed by atoms with Crippen molar-refractivity contribution in [1.29, 1.82) is 0 Å². The van der Waals surface area contributed by atoms with Crippen molar-refractivity contribution in [2.75, 3.05) is 0 Å². The largest absolute Gasteiger partial charge is 0.388 e. The van der Waals surface area contributed by atoms with Gasteiger partial charge in [-0.25, -0.2) is 4.57 Å². The maximum atomic E-state index is 9.93. The van der Waals surface area contributed by atoms with Gasteiger partial charge < -0.3 is 9.52 Å². The van der Waals surface area contributed by atoms with Crippen molar-refractivity contribution in [3.63, 3.8) is 0 Å². The van der Waals surface area contributed by atoms with E-state index in [9.17, 15) is 4.57 Å². The summed E-state index contributed by atoms with van der Waals surface area (Å²) >= 11 is 0. The topological polar surface area (TPSA) is 77.2 Å². The molecule has 0 saturated carbocycles. The highest BCUT2D eigenvalue weighted by molar-refractivity contribution is 7.32. The average Bonchev–Trinajstić information content (AvgIpc) is 2.15. The second-order valence-electron chi connectivity index (χ2n) is 1.14. The summed E-state index contributed by atoms with van der Waals surface area (Å²) in [5.74, 6) is 0. The van der Waals surface area contributed by atoms with E-state index in [2.05, 4.69) is 14.8 Å². The van der Waals surface area contributed by atoms with Gasteiger partial charge in [0, 0.05) is 4.96 Å². The normalized spacial score (nSPS) is 13.0. The molecule has 0 aromatic carbocycles. The van der Waals surface area contributed by atoms with E-state index in [1.807, 2.05) is 0 Å². The molecule has 50 valence electrons. The summed E-state index contributed by atoms with van der Waals surface area (Å²) < 4.78 is 14.1. The van der Waals surface area contributed by atoms with Crippen molar-refractivity contribution < 1.29 is 14.1 Å². The second kappa shape index (κ2) is 2.61. The Morgan fingerprint density at radius 2 is 2.11 bits per heavy atom. The molecule has 0 radical (unpaired) electrons. The Morgan fingerprint density at radius 3 is 2.56 bits per heavy atom. The molecule has 0 bridgehead atoms. The maximum absolute atomic E-state index is 9.93. The quantitative estimate of drug-likeness (QED) is 0.550. The molecule has 1 unspecified atom stereocenters. The van der Waals surface area contributed by atoms with Crippen LogP contribution in [0.15, 0.2) is 12.4 Å². The Morgan fingerprint density at radius 1 is 1.56 bits per heavy atom. The molecule has 1 N–H and O–H groups in total. The molecule has 0 aliphatic heterocycles. The number of hydrogen-bond acceptors (Lipinski definition) is 4. The minimum Gasteiger partial charge on any atom is -0.316 e. The molecule has 6 nitrogen and oxygen atoms in total. The molecule has 1 aromatic heterocycles. The summed E-state index contributed by atoms with van der Waals surface area (Å²) in [6.45, 7) is 0. The molecule has 0 saturated heterocycles. The second-order valence-corrected chi connectivity index (χ2v) is 1.85. The molecule has 0 amide bonds. The van der Waals surface area contributed by atoms with Crippen LogP contribution in [0, 0.1) is 0 Å². The van der Waals surface area contributed by atoms with Gasteiger partial charge in [-0.1, -0.05) is 0 Å². The van der Waals surface area contributed by atoms with Crippen LogP contribution in [0.2, 0.25) is 0 Å². The smallest absolute Gasteiger partial charge is 0.316 e. The van der Waals surface area contributed by atoms with E-state index in [4.69, 9.17) is 4.89 Å². The van der Waals surface area contributed by atoms with Crippen molar-refractivity contribution >= 4 is 8.25 Å². The first-order valence-corrected chi connectivity index (χ1v) is 3.33. The fourth-order valence-corrected chi connectivity index (χ4v) is 0.554. The fourth-order valence-electron chi connectivity index (χ4n) is 0.320. The van der Waals surface area contributed by atoms with Crippen LogP contribution in [0.5, 0.6) is 0 Å². The fraction of sp³-hybridized carbons (Fsp3) is 0. The lowest BCUT2D eigenvalue weighted by Gasteiger charge is -1.93. The SMILES string of the molecule is O=[PH](O)On1nccn1. The van der Waals surface area contributed by atoms with E-state index < -0.39 is 8.25 Å². The monoisotopic (exact) mass is 149 g/mol. The summed E-state index contributed by atoms with van der Waals surface area (Å²) in [4.78, 5) is 8.83. The van der Waals surface area contributed by atoms with Crippen molar-refractivity contribution in [2.24, 2.45) is 0 Å². The first-order chi connectivity index (χ1) is 4.29. The third kappa shape index (κ3) is 1.83. The Balaban J connectivity index is 2.58. The highest BCUT2D eigenvalue weighted by atomic mass is 31.1. The molecule has 1 heterocycles. The van der Waals surface area contributed by atoms with Crippen LogP contribution in [0.1, 0.15) is 0 Å². The molecule has 0 aliphatic carbocycles. The molecule has 1 aromatic rings. The van der Waals surface area contributed by atoms with Crippen molar-refractivity contribution in [2.45, 2.75) is 0 Å². The van der Waals surface area contributed by atoms with Crippen LogP contribution in [0.25, 0.3) is 0 Å². The predicted octanol–water partition coefficient (Wildman–Crippen LogP) is -0.911. The average molecular weight is 149 g/mol. The van der Waals surface area contributed by atoms with Gasteiger partial charge in [0.25, 0.3) is 0 Å². The van der Waals surface area contributed by atoms with Crippen molar-refractivity contribution in [1.82, 2.24) is 15.2 Å². The lowest BCUT2D eigenvalue weighted by molar-refractivity contribution is 0.180. The van der Waals surface area contributed by atoms with E-state index in [-0.39, 0.29) is 0 Å². The van der Waals surface area contributed by atoms with Gasteiger partial charge in [0.05, 0.1) is 12.4 Å². The van der Waals surface area contributed by atoms with E-state index in [0.29, 0.717) is 4.96 Å². The van der Waals surface area contributed by atoms with Gasteiger partial charge in [0.15, 0.2) is 0 Å². The zero-order valence-corrected chi connectivity index (χ0v) is 5.26. The minimum absolute atomic E-state index is 0.682. The molecule has 1 atom stereocenters.